The van der Waals surface area contributed by atoms with Crippen LogP contribution >= 0.6 is 0 Å². The molecule has 0 amide bonds. The predicted octanol–water partition coefficient (Wildman–Crippen LogP) is 2.53. The smallest absolute Gasteiger partial charge is 0.354 e. The zero-order valence-electron chi connectivity index (χ0n) is 10.4. The predicted molar refractivity (Wildman–Crippen MR) is 68.0 cm³/mol. The Hall–Kier alpha value is -2.63. The molecule has 96 valence electrons. The highest BCUT2D eigenvalue weighted by Gasteiger charge is 2.17. The fraction of sp³-hybridized carbons (Fsp3) is 0.154. The SMILES string of the molecule is Cc1nc(-c2ccc3nc(C)oc3c2)c(C(=O)O)[nH]1. The minimum Gasteiger partial charge on any atom is -0.477 e. The molecular weight excluding hydrogens is 246 g/mol. The Balaban J connectivity index is 2.20. The van der Waals surface area contributed by atoms with Gasteiger partial charge in [-0.25, -0.2) is 14.8 Å². The van der Waals surface area contributed by atoms with Crippen LogP contribution in [0.2, 0.25) is 0 Å². The van der Waals surface area contributed by atoms with Crippen molar-refractivity contribution < 1.29 is 14.3 Å². The third-order valence-corrected chi connectivity index (χ3v) is 2.80. The summed E-state index contributed by atoms with van der Waals surface area (Å²) in [5.74, 6) is 0.0921. The average Bonchev–Trinajstić information content (AvgIpc) is 2.89. The molecule has 19 heavy (non-hydrogen) atoms. The van der Waals surface area contributed by atoms with Gasteiger partial charge in [0, 0.05) is 12.5 Å². The van der Waals surface area contributed by atoms with E-state index >= 15 is 0 Å². The Morgan fingerprint density at radius 1 is 1.32 bits per heavy atom. The van der Waals surface area contributed by atoms with Crippen LogP contribution in [0.1, 0.15) is 22.2 Å². The standard InChI is InChI=1S/C13H11N3O3/c1-6-14-11(12(15-6)13(17)18)8-3-4-9-10(5-8)19-7(2)16-9/h3-5H,1-2H3,(H,14,15)(H,17,18). The molecule has 2 N–H and O–H groups in total. The Labute approximate surface area is 108 Å². The maximum atomic E-state index is 11.2. The van der Waals surface area contributed by atoms with Gasteiger partial charge in [0.05, 0.1) is 0 Å². The molecule has 0 aliphatic rings. The highest BCUT2D eigenvalue weighted by Crippen LogP contribution is 2.26. The first kappa shape index (κ1) is 11.5. The van der Waals surface area contributed by atoms with Crippen molar-refractivity contribution in [3.8, 4) is 11.3 Å². The number of carbonyl (C=O) groups is 1. The lowest BCUT2D eigenvalue weighted by Crippen LogP contribution is -1.99. The number of nitrogens with one attached hydrogen (secondary N) is 1. The van der Waals surface area contributed by atoms with Crippen molar-refractivity contribution in [3.63, 3.8) is 0 Å². The second kappa shape index (κ2) is 3.94. The van der Waals surface area contributed by atoms with Gasteiger partial charge >= 0.3 is 5.97 Å². The van der Waals surface area contributed by atoms with Crippen molar-refractivity contribution in [3.05, 3.63) is 35.6 Å². The number of H-pyrrole nitrogens is 1. The van der Waals surface area contributed by atoms with Gasteiger partial charge in [-0.3, -0.25) is 0 Å². The van der Waals surface area contributed by atoms with E-state index in [2.05, 4.69) is 15.0 Å². The van der Waals surface area contributed by atoms with Gasteiger partial charge in [-0.15, -0.1) is 0 Å². The summed E-state index contributed by atoms with van der Waals surface area (Å²) in [5.41, 5.74) is 2.52. The van der Waals surface area contributed by atoms with Gasteiger partial charge in [0.25, 0.3) is 0 Å². The van der Waals surface area contributed by atoms with Crippen LogP contribution in [-0.2, 0) is 0 Å². The number of fused-ring (bicyclic) bond motifs is 1. The number of aromatic nitrogens is 3. The first-order chi connectivity index (χ1) is 9.04. The zero-order valence-corrected chi connectivity index (χ0v) is 10.4. The second-order valence-electron chi connectivity index (χ2n) is 4.27. The third-order valence-electron chi connectivity index (χ3n) is 2.80. The normalized spacial score (nSPS) is 11.1. The molecule has 0 saturated carbocycles. The molecule has 2 aromatic heterocycles. The summed E-state index contributed by atoms with van der Waals surface area (Å²) in [4.78, 5) is 22.3. The quantitative estimate of drug-likeness (QED) is 0.736. The summed E-state index contributed by atoms with van der Waals surface area (Å²) < 4.78 is 5.44. The molecule has 1 aromatic carbocycles. The van der Waals surface area contributed by atoms with Crippen molar-refractivity contribution in [2.24, 2.45) is 0 Å². The maximum Gasteiger partial charge on any atom is 0.354 e. The van der Waals surface area contributed by atoms with Gasteiger partial charge in [0.2, 0.25) is 0 Å². The average molecular weight is 257 g/mol. The molecule has 3 rings (SSSR count). The van der Waals surface area contributed by atoms with E-state index in [0.717, 1.165) is 5.52 Å². The molecule has 6 heteroatoms. The van der Waals surface area contributed by atoms with Crippen LogP contribution < -0.4 is 0 Å². The Bertz CT molecular complexity index is 786. The highest BCUT2D eigenvalue weighted by atomic mass is 16.4. The Morgan fingerprint density at radius 2 is 2.11 bits per heavy atom. The lowest BCUT2D eigenvalue weighted by Gasteiger charge is -1.98. The van der Waals surface area contributed by atoms with E-state index in [1.165, 1.54) is 0 Å². The number of rotatable bonds is 2. The van der Waals surface area contributed by atoms with E-state index in [0.29, 0.717) is 28.6 Å². The number of hydrogen-bond donors (Lipinski definition) is 2. The van der Waals surface area contributed by atoms with Crippen LogP contribution in [-0.4, -0.2) is 26.0 Å². The molecule has 0 unspecified atom stereocenters. The van der Waals surface area contributed by atoms with Crippen molar-refractivity contribution in [2.75, 3.05) is 0 Å². The van der Waals surface area contributed by atoms with E-state index in [1.54, 1.807) is 32.0 Å². The zero-order chi connectivity index (χ0) is 13.6. The van der Waals surface area contributed by atoms with E-state index in [9.17, 15) is 4.79 Å². The molecule has 0 spiro atoms. The number of carboxylic acids is 1. The first-order valence-corrected chi connectivity index (χ1v) is 5.72. The van der Waals surface area contributed by atoms with Gasteiger partial charge in [-0.05, 0) is 19.1 Å². The molecule has 2 heterocycles. The number of hydrogen-bond acceptors (Lipinski definition) is 4. The third kappa shape index (κ3) is 1.87. The molecule has 3 aromatic rings. The molecule has 0 bridgehead atoms. The Morgan fingerprint density at radius 3 is 2.84 bits per heavy atom. The summed E-state index contributed by atoms with van der Waals surface area (Å²) in [6.45, 7) is 3.48. The molecule has 0 aliphatic carbocycles. The van der Waals surface area contributed by atoms with E-state index < -0.39 is 5.97 Å². The summed E-state index contributed by atoms with van der Waals surface area (Å²) >= 11 is 0. The second-order valence-corrected chi connectivity index (χ2v) is 4.27. The maximum absolute atomic E-state index is 11.2. The minimum absolute atomic E-state index is 0.0769. The minimum atomic E-state index is -1.04. The number of nitrogens with zero attached hydrogens (tertiary/aromatic N) is 2. The summed E-state index contributed by atoms with van der Waals surface area (Å²) in [5, 5.41) is 9.15. The van der Waals surface area contributed by atoms with Gasteiger partial charge in [0.15, 0.2) is 17.2 Å². The number of aryl methyl sites for hydroxylation is 2. The van der Waals surface area contributed by atoms with Gasteiger partial charge < -0.3 is 14.5 Å². The van der Waals surface area contributed by atoms with Crippen molar-refractivity contribution >= 4 is 17.1 Å². The van der Waals surface area contributed by atoms with Crippen molar-refractivity contribution in [2.45, 2.75) is 13.8 Å². The first-order valence-electron chi connectivity index (χ1n) is 5.72. The number of aromatic amines is 1. The summed E-state index contributed by atoms with van der Waals surface area (Å²) in [6.07, 6.45) is 0. The van der Waals surface area contributed by atoms with E-state index in [4.69, 9.17) is 9.52 Å². The van der Waals surface area contributed by atoms with Crippen LogP contribution in [0.4, 0.5) is 0 Å². The lowest BCUT2D eigenvalue weighted by molar-refractivity contribution is 0.0692. The van der Waals surface area contributed by atoms with E-state index in [-0.39, 0.29) is 5.69 Å². The number of carboxylic acid groups (broad SMARTS) is 1. The molecular formula is C13H11N3O3. The molecule has 0 saturated heterocycles. The van der Waals surface area contributed by atoms with Gasteiger partial charge in [0.1, 0.15) is 17.0 Å². The number of oxazole rings is 1. The van der Waals surface area contributed by atoms with Gasteiger partial charge in [-0.1, -0.05) is 6.07 Å². The summed E-state index contributed by atoms with van der Waals surface area (Å²) in [7, 11) is 0. The molecule has 0 radical (unpaired) electrons. The topological polar surface area (TPSA) is 92.0 Å². The van der Waals surface area contributed by atoms with Gasteiger partial charge in [-0.2, -0.15) is 0 Å². The number of imidazole rings is 1. The van der Waals surface area contributed by atoms with Crippen molar-refractivity contribution in [1.29, 1.82) is 0 Å². The molecule has 0 fully saturated rings. The largest absolute Gasteiger partial charge is 0.477 e. The number of aromatic carboxylic acids is 1. The fourth-order valence-electron chi connectivity index (χ4n) is 2.04. The van der Waals surface area contributed by atoms with Crippen molar-refractivity contribution in [1.82, 2.24) is 15.0 Å². The van der Waals surface area contributed by atoms with Crippen LogP contribution in [0.3, 0.4) is 0 Å². The summed E-state index contributed by atoms with van der Waals surface area (Å²) in [6, 6.07) is 5.32. The molecule has 0 atom stereocenters. The van der Waals surface area contributed by atoms with Crippen LogP contribution in [0, 0.1) is 13.8 Å². The van der Waals surface area contributed by atoms with Crippen LogP contribution in [0.15, 0.2) is 22.6 Å². The monoisotopic (exact) mass is 257 g/mol. The fourth-order valence-corrected chi connectivity index (χ4v) is 2.04. The molecule has 0 aliphatic heterocycles. The molecule has 6 nitrogen and oxygen atoms in total. The lowest BCUT2D eigenvalue weighted by atomic mass is 10.1. The highest BCUT2D eigenvalue weighted by molar-refractivity contribution is 5.94. The van der Waals surface area contributed by atoms with E-state index in [1.807, 2.05) is 0 Å². The van der Waals surface area contributed by atoms with Crippen LogP contribution in [0.5, 0.6) is 0 Å². The van der Waals surface area contributed by atoms with Crippen LogP contribution in [0.25, 0.3) is 22.4 Å². The number of benzene rings is 1. The Kier molecular flexibility index (Phi) is 2.38.